The zero-order valence-electron chi connectivity index (χ0n) is 10.2. The summed E-state index contributed by atoms with van der Waals surface area (Å²) in [5, 5.41) is 0. The van der Waals surface area contributed by atoms with Gasteiger partial charge in [0.1, 0.15) is 0 Å². The van der Waals surface area contributed by atoms with Crippen LogP contribution in [0.2, 0.25) is 0 Å². The van der Waals surface area contributed by atoms with Crippen molar-refractivity contribution in [3.8, 4) is 0 Å². The van der Waals surface area contributed by atoms with E-state index < -0.39 is 0 Å². The van der Waals surface area contributed by atoms with Gasteiger partial charge in [0, 0.05) is 0 Å². The number of aryl methyl sites for hydroxylation is 1. The molecule has 0 radical (unpaired) electrons. The third-order valence-corrected chi connectivity index (χ3v) is 3.66. The summed E-state index contributed by atoms with van der Waals surface area (Å²) in [6, 6.07) is 10.6. The van der Waals surface area contributed by atoms with Crippen molar-refractivity contribution in [2.24, 2.45) is 5.73 Å². The second-order valence-corrected chi connectivity index (χ2v) is 5.27. The van der Waals surface area contributed by atoms with Crippen molar-refractivity contribution < 1.29 is 4.79 Å². The van der Waals surface area contributed by atoms with E-state index >= 15 is 0 Å². The Balaban J connectivity index is 1.90. The molecule has 0 atom stereocenters. The number of unbranched alkanes of at least 4 members (excludes halogenated alkanes) is 3. The first-order chi connectivity index (χ1) is 8.29. The van der Waals surface area contributed by atoms with E-state index in [1.807, 2.05) is 0 Å². The van der Waals surface area contributed by atoms with Gasteiger partial charge in [0.2, 0.25) is 5.91 Å². The third kappa shape index (κ3) is 7.86. The van der Waals surface area contributed by atoms with Crippen molar-refractivity contribution in [2.45, 2.75) is 32.1 Å². The highest BCUT2D eigenvalue weighted by molar-refractivity contribution is 7.99. The first-order valence-electron chi connectivity index (χ1n) is 6.19. The molecule has 1 rings (SSSR count). The number of rotatable bonds is 9. The highest BCUT2D eigenvalue weighted by Crippen LogP contribution is 2.10. The standard InChI is InChI=1S/C14H21NOS/c15-14(16)12-17-11-7-2-1-4-8-13-9-5-3-6-10-13/h3,5-6,9-10H,1-2,4,7-8,11-12H2,(H2,15,16). The van der Waals surface area contributed by atoms with Gasteiger partial charge in [-0.25, -0.2) is 0 Å². The Kier molecular flexibility index (Phi) is 7.56. The highest BCUT2D eigenvalue weighted by Gasteiger charge is 1.96. The molecule has 2 nitrogen and oxygen atoms in total. The Morgan fingerprint density at radius 1 is 1.06 bits per heavy atom. The van der Waals surface area contributed by atoms with Gasteiger partial charge in [0.05, 0.1) is 5.75 Å². The molecule has 1 aromatic carbocycles. The molecule has 0 bridgehead atoms. The van der Waals surface area contributed by atoms with E-state index in [9.17, 15) is 4.79 Å². The number of amides is 1. The van der Waals surface area contributed by atoms with E-state index in [2.05, 4.69) is 30.3 Å². The van der Waals surface area contributed by atoms with Gasteiger partial charge >= 0.3 is 0 Å². The molecule has 0 heterocycles. The summed E-state index contributed by atoms with van der Waals surface area (Å²) in [5.74, 6) is 1.30. The molecular weight excluding hydrogens is 230 g/mol. The fourth-order valence-corrected chi connectivity index (χ4v) is 2.46. The molecule has 3 heteroatoms. The van der Waals surface area contributed by atoms with Crippen LogP contribution >= 0.6 is 11.8 Å². The molecule has 0 aliphatic heterocycles. The first kappa shape index (κ1) is 14.1. The van der Waals surface area contributed by atoms with Gasteiger partial charge in [0.15, 0.2) is 0 Å². The summed E-state index contributed by atoms with van der Waals surface area (Å²) in [7, 11) is 0. The Bertz CT molecular complexity index is 313. The predicted octanol–water partition coefficient (Wildman–Crippen LogP) is 3.01. The normalized spacial score (nSPS) is 10.4. The van der Waals surface area contributed by atoms with Gasteiger partial charge in [-0.3, -0.25) is 4.79 Å². The molecule has 0 aliphatic carbocycles. The molecule has 0 saturated carbocycles. The molecule has 0 aliphatic rings. The molecular formula is C14H21NOS. The van der Waals surface area contributed by atoms with E-state index in [1.54, 1.807) is 11.8 Å². The van der Waals surface area contributed by atoms with Crippen molar-refractivity contribution in [1.29, 1.82) is 0 Å². The molecule has 0 unspecified atom stereocenters. The molecule has 0 saturated heterocycles. The van der Waals surface area contributed by atoms with Crippen molar-refractivity contribution >= 4 is 17.7 Å². The molecule has 17 heavy (non-hydrogen) atoms. The van der Waals surface area contributed by atoms with Crippen LogP contribution in [0.15, 0.2) is 30.3 Å². The zero-order valence-corrected chi connectivity index (χ0v) is 11.0. The lowest BCUT2D eigenvalue weighted by Crippen LogP contribution is -2.13. The van der Waals surface area contributed by atoms with Crippen LogP contribution in [0.4, 0.5) is 0 Å². The molecule has 2 N–H and O–H groups in total. The number of primary amides is 1. The van der Waals surface area contributed by atoms with Crippen molar-refractivity contribution in [1.82, 2.24) is 0 Å². The summed E-state index contributed by atoms with van der Waals surface area (Å²) < 4.78 is 0. The lowest BCUT2D eigenvalue weighted by atomic mass is 10.1. The van der Waals surface area contributed by atoms with E-state index in [0.717, 1.165) is 5.75 Å². The number of nitrogens with two attached hydrogens (primary N) is 1. The summed E-state index contributed by atoms with van der Waals surface area (Å²) >= 11 is 1.64. The van der Waals surface area contributed by atoms with Gasteiger partial charge in [0.25, 0.3) is 0 Å². The first-order valence-corrected chi connectivity index (χ1v) is 7.34. The predicted molar refractivity (Wildman–Crippen MR) is 75.1 cm³/mol. The fourth-order valence-electron chi connectivity index (χ4n) is 1.70. The number of benzene rings is 1. The second kappa shape index (κ2) is 9.11. The quantitative estimate of drug-likeness (QED) is 0.686. The SMILES string of the molecule is NC(=O)CSCCCCCCc1ccccc1. The van der Waals surface area contributed by atoms with Gasteiger partial charge in [-0.15, -0.1) is 0 Å². The van der Waals surface area contributed by atoms with Crippen molar-refractivity contribution in [3.05, 3.63) is 35.9 Å². The van der Waals surface area contributed by atoms with Crippen LogP contribution in [0.1, 0.15) is 31.2 Å². The molecule has 1 aromatic rings. The average Bonchev–Trinajstić information content (AvgIpc) is 2.33. The van der Waals surface area contributed by atoms with Gasteiger partial charge in [-0.2, -0.15) is 11.8 Å². The molecule has 0 fully saturated rings. The highest BCUT2D eigenvalue weighted by atomic mass is 32.2. The summed E-state index contributed by atoms with van der Waals surface area (Å²) in [6.45, 7) is 0. The lowest BCUT2D eigenvalue weighted by Gasteiger charge is -2.02. The minimum absolute atomic E-state index is 0.209. The number of thioether (sulfide) groups is 1. The monoisotopic (exact) mass is 251 g/mol. The minimum Gasteiger partial charge on any atom is -0.369 e. The average molecular weight is 251 g/mol. The second-order valence-electron chi connectivity index (χ2n) is 4.17. The number of hydrogen-bond donors (Lipinski definition) is 1. The molecule has 1 amide bonds. The number of hydrogen-bond acceptors (Lipinski definition) is 2. The zero-order chi connectivity index (χ0) is 12.3. The minimum atomic E-state index is -0.209. The van der Waals surface area contributed by atoms with Gasteiger partial charge in [-0.05, 0) is 30.6 Å². The van der Waals surface area contributed by atoms with Crippen molar-refractivity contribution in [3.63, 3.8) is 0 Å². The Hall–Kier alpha value is -0.960. The van der Waals surface area contributed by atoms with Crippen LogP contribution in [0, 0.1) is 0 Å². The van der Waals surface area contributed by atoms with E-state index in [0.29, 0.717) is 5.75 Å². The van der Waals surface area contributed by atoms with Gasteiger partial charge in [-0.1, -0.05) is 43.2 Å². The van der Waals surface area contributed by atoms with Crippen LogP contribution in [-0.2, 0) is 11.2 Å². The largest absolute Gasteiger partial charge is 0.369 e. The third-order valence-electron chi connectivity index (χ3n) is 2.59. The van der Waals surface area contributed by atoms with E-state index in [4.69, 9.17) is 5.73 Å². The summed E-state index contributed by atoms with van der Waals surface area (Å²) in [5.41, 5.74) is 6.49. The maximum absolute atomic E-state index is 10.5. The Labute approximate surface area is 108 Å². The lowest BCUT2D eigenvalue weighted by molar-refractivity contribution is -0.115. The van der Waals surface area contributed by atoms with E-state index in [-0.39, 0.29) is 5.91 Å². The van der Waals surface area contributed by atoms with Crippen molar-refractivity contribution in [2.75, 3.05) is 11.5 Å². The summed E-state index contributed by atoms with van der Waals surface area (Å²) in [4.78, 5) is 10.5. The van der Waals surface area contributed by atoms with Crippen LogP contribution in [-0.4, -0.2) is 17.4 Å². The number of carbonyl (C=O) groups excluding carboxylic acids is 1. The Morgan fingerprint density at radius 2 is 1.76 bits per heavy atom. The Morgan fingerprint density at radius 3 is 2.47 bits per heavy atom. The fraction of sp³-hybridized carbons (Fsp3) is 0.500. The summed E-state index contributed by atoms with van der Waals surface area (Å²) in [6.07, 6.45) is 6.14. The molecule has 0 spiro atoms. The van der Waals surface area contributed by atoms with Crippen LogP contribution in [0.25, 0.3) is 0 Å². The maximum atomic E-state index is 10.5. The molecule has 0 aromatic heterocycles. The topological polar surface area (TPSA) is 43.1 Å². The van der Waals surface area contributed by atoms with Gasteiger partial charge < -0.3 is 5.73 Å². The number of carbonyl (C=O) groups is 1. The van der Waals surface area contributed by atoms with Crippen LogP contribution in [0.5, 0.6) is 0 Å². The van der Waals surface area contributed by atoms with E-state index in [1.165, 1.54) is 37.7 Å². The van der Waals surface area contributed by atoms with Crippen LogP contribution < -0.4 is 5.73 Å². The molecule has 94 valence electrons. The van der Waals surface area contributed by atoms with Crippen LogP contribution in [0.3, 0.4) is 0 Å². The smallest absolute Gasteiger partial charge is 0.227 e. The maximum Gasteiger partial charge on any atom is 0.227 e.